The molecule has 19 heavy (non-hydrogen) atoms. The Labute approximate surface area is 120 Å². The standard InChI is InChI=1S/C15H13BrN2O/c1-17-10-15(19)18(12-6-4-5-11(16)9-12)14-8-3-2-7-13(14)17/h2-9H,10H2,1H3. The van der Waals surface area contributed by atoms with Crippen LogP contribution in [0.15, 0.2) is 53.0 Å². The number of halogens is 1. The van der Waals surface area contributed by atoms with Crippen molar-refractivity contribution in [2.45, 2.75) is 0 Å². The minimum atomic E-state index is 0.0827. The number of rotatable bonds is 1. The minimum absolute atomic E-state index is 0.0827. The van der Waals surface area contributed by atoms with Crippen LogP contribution in [-0.2, 0) is 4.79 Å². The number of amides is 1. The lowest BCUT2D eigenvalue weighted by atomic mass is 10.1. The van der Waals surface area contributed by atoms with Crippen molar-refractivity contribution in [3.8, 4) is 0 Å². The van der Waals surface area contributed by atoms with Crippen LogP contribution in [0.5, 0.6) is 0 Å². The summed E-state index contributed by atoms with van der Waals surface area (Å²) in [6.07, 6.45) is 0. The first kappa shape index (κ1) is 12.2. The molecule has 0 saturated heterocycles. The van der Waals surface area contributed by atoms with Gasteiger partial charge in [0.05, 0.1) is 23.6 Å². The molecule has 96 valence electrons. The van der Waals surface area contributed by atoms with Gasteiger partial charge in [-0.15, -0.1) is 0 Å². The van der Waals surface area contributed by atoms with E-state index in [-0.39, 0.29) is 5.91 Å². The summed E-state index contributed by atoms with van der Waals surface area (Å²) in [5, 5.41) is 0. The molecular weight excluding hydrogens is 304 g/mol. The summed E-state index contributed by atoms with van der Waals surface area (Å²) in [6, 6.07) is 15.8. The number of benzene rings is 2. The molecule has 0 saturated carbocycles. The Morgan fingerprint density at radius 3 is 2.53 bits per heavy atom. The Balaban J connectivity index is 2.15. The van der Waals surface area contributed by atoms with Crippen LogP contribution in [0.1, 0.15) is 0 Å². The van der Waals surface area contributed by atoms with Gasteiger partial charge in [-0.1, -0.05) is 34.1 Å². The van der Waals surface area contributed by atoms with Crippen LogP contribution in [0.25, 0.3) is 0 Å². The molecule has 1 heterocycles. The van der Waals surface area contributed by atoms with Crippen molar-refractivity contribution < 1.29 is 4.79 Å². The van der Waals surface area contributed by atoms with E-state index >= 15 is 0 Å². The molecule has 1 amide bonds. The van der Waals surface area contributed by atoms with E-state index in [4.69, 9.17) is 0 Å². The van der Waals surface area contributed by atoms with E-state index in [0.717, 1.165) is 21.5 Å². The number of nitrogens with zero attached hydrogens (tertiary/aromatic N) is 2. The highest BCUT2D eigenvalue weighted by molar-refractivity contribution is 9.10. The first-order valence-electron chi connectivity index (χ1n) is 6.05. The lowest BCUT2D eigenvalue weighted by molar-refractivity contribution is -0.116. The summed E-state index contributed by atoms with van der Waals surface area (Å²) in [4.78, 5) is 16.1. The van der Waals surface area contributed by atoms with Crippen LogP contribution in [0.3, 0.4) is 0 Å². The fourth-order valence-electron chi connectivity index (χ4n) is 2.37. The zero-order chi connectivity index (χ0) is 13.4. The third-order valence-electron chi connectivity index (χ3n) is 3.22. The molecule has 0 N–H and O–H groups in total. The van der Waals surface area contributed by atoms with Gasteiger partial charge in [0.25, 0.3) is 5.91 Å². The molecule has 1 aliphatic rings. The van der Waals surface area contributed by atoms with E-state index in [9.17, 15) is 4.79 Å². The van der Waals surface area contributed by atoms with Crippen molar-refractivity contribution >= 4 is 38.9 Å². The predicted molar refractivity (Wildman–Crippen MR) is 81.0 cm³/mol. The smallest absolute Gasteiger partial charge is 0.251 e. The van der Waals surface area contributed by atoms with Crippen LogP contribution in [0.2, 0.25) is 0 Å². The van der Waals surface area contributed by atoms with E-state index in [1.807, 2.05) is 60.5 Å². The SMILES string of the molecule is CN1CC(=O)N(c2cccc(Br)c2)c2ccccc21. The highest BCUT2D eigenvalue weighted by atomic mass is 79.9. The maximum atomic E-state index is 12.3. The van der Waals surface area contributed by atoms with Crippen molar-refractivity contribution in [1.82, 2.24) is 0 Å². The van der Waals surface area contributed by atoms with Crippen LogP contribution >= 0.6 is 15.9 Å². The Morgan fingerprint density at radius 1 is 1.05 bits per heavy atom. The van der Waals surface area contributed by atoms with Crippen molar-refractivity contribution in [2.75, 3.05) is 23.4 Å². The van der Waals surface area contributed by atoms with E-state index in [2.05, 4.69) is 15.9 Å². The number of anilines is 3. The molecule has 1 aliphatic heterocycles. The van der Waals surface area contributed by atoms with Gasteiger partial charge in [-0.3, -0.25) is 9.69 Å². The Hall–Kier alpha value is -1.81. The summed E-state index contributed by atoms with van der Waals surface area (Å²) in [6.45, 7) is 0.392. The van der Waals surface area contributed by atoms with Gasteiger partial charge < -0.3 is 4.90 Å². The van der Waals surface area contributed by atoms with Gasteiger partial charge in [-0.2, -0.15) is 0 Å². The molecule has 2 aromatic rings. The first-order chi connectivity index (χ1) is 9.16. The molecule has 0 spiro atoms. The zero-order valence-corrected chi connectivity index (χ0v) is 12.1. The van der Waals surface area contributed by atoms with Gasteiger partial charge in [0.2, 0.25) is 0 Å². The molecule has 0 radical (unpaired) electrons. The highest BCUT2D eigenvalue weighted by Gasteiger charge is 2.28. The van der Waals surface area contributed by atoms with Gasteiger partial charge in [0, 0.05) is 11.5 Å². The maximum absolute atomic E-state index is 12.3. The molecule has 2 aromatic carbocycles. The first-order valence-corrected chi connectivity index (χ1v) is 6.85. The summed E-state index contributed by atoms with van der Waals surface area (Å²) in [5.41, 5.74) is 2.89. The topological polar surface area (TPSA) is 23.6 Å². The monoisotopic (exact) mass is 316 g/mol. The van der Waals surface area contributed by atoms with Crippen LogP contribution < -0.4 is 9.80 Å². The van der Waals surface area contributed by atoms with Crippen molar-refractivity contribution in [3.63, 3.8) is 0 Å². The molecule has 0 unspecified atom stereocenters. The van der Waals surface area contributed by atoms with Crippen molar-refractivity contribution in [1.29, 1.82) is 0 Å². The zero-order valence-electron chi connectivity index (χ0n) is 10.5. The van der Waals surface area contributed by atoms with Gasteiger partial charge >= 0.3 is 0 Å². The Morgan fingerprint density at radius 2 is 1.79 bits per heavy atom. The summed E-state index contributed by atoms with van der Waals surface area (Å²) >= 11 is 3.45. The van der Waals surface area contributed by atoms with Crippen LogP contribution in [-0.4, -0.2) is 19.5 Å². The van der Waals surface area contributed by atoms with Gasteiger partial charge in [-0.25, -0.2) is 0 Å². The number of carbonyl (C=O) groups excluding carboxylic acids is 1. The maximum Gasteiger partial charge on any atom is 0.251 e. The predicted octanol–water partition coefficient (Wildman–Crippen LogP) is 3.56. The fraction of sp³-hybridized carbons (Fsp3) is 0.133. The third kappa shape index (κ3) is 2.12. The van der Waals surface area contributed by atoms with E-state index in [1.54, 1.807) is 4.90 Å². The average Bonchev–Trinajstić information content (AvgIpc) is 2.39. The second-order valence-corrected chi connectivity index (χ2v) is 5.47. The molecule has 0 aliphatic carbocycles. The van der Waals surface area contributed by atoms with Crippen LogP contribution in [0.4, 0.5) is 17.1 Å². The van der Waals surface area contributed by atoms with Crippen molar-refractivity contribution in [2.24, 2.45) is 0 Å². The van der Waals surface area contributed by atoms with E-state index in [1.165, 1.54) is 0 Å². The van der Waals surface area contributed by atoms with Crippen molar-refractivity contribution in [3.05, 3.63) is 53.0 Å². The number of hydrogen-bond donors (Lipinski definition) is 0. The number of fused-ring (bicyclic) bond motifs is 1. The molecule has 4 heteroatoms. The summed E-state index contributed by atoms with van der Waals surface area (Å²) < 4.78 is 0.967. The molecule has 0 fully saturated rings. The summed E-state index contributed by atoms with van der Waals surface area (Å²) in [7, 11) is 1.94. The molecule has 3 rings (SSSR count). The number of carbonyl (C=O) groups is 1. The summed E-state index contributed by atoms with van der Waals surface area (Å²) in [5.74, 6) is 0.0827. The lowest BCUT2D eigenvalue weighted by Gasteiger charge is -2.35. The Kier molecular flexibility index (Phi) is 3.03. The normalized spacial score (nSPS) is 14.5. The van der Waals surface area contributed by atoms with Crippen LogP contribution in [0, 0.1) is 0 Å². The average molecular weight is 317 g/mol. The molecular formula is C15H13BrN2O. The van der Waals surface area contributed by atoms with Gasteiger partial charge in [0.1, 0.15) is 0 Å². The van der Waals surface area contributed by atoms with Gasteiger partial charge in [-0.05, 0) is 30.3 Å². The second-order valence-electron chi connectivity index (χ2n) is 4.55. The Bertz CT molecular complexity index is 642. The molecule has 3 nitrogen and oxygen atoms in total. The fourth-order valence-corrected chi connectivity index (χ4v) is 2.75. The third-order valence-corrected chi connectivity index (χ3v) is 3.72. The minimum Gasteiger partial charge on any atom is -0.364 e. The van der Waals surface area contributed by atoms with E-state index in [0.29, 0.717) is 6.54 Å². The second kappa shape index (κ2) is 4.70. The number of para-hydroxylation sites is 2. The quantitative estimate of drug-likeness (QED) is 0.803. The highest BCUT2D eigenvalue weighted by Crippen LogP contribution is 2.37. The molecule has 0 atom stereocenters. The van der Waals surface area contributed by atoms with Gasteiger partial charge in [0.15, 0.2) is 0 Å². The molecule has 0 aromatic heterocycles. The molecule has 0 bridgehead atoms. The number of hydrogen-bond acceptors (Lipinski definition) is 2. The largest absolute Gasteiger partial charge is 0.364 e. The van der Waals surface area contributed by atoms with E-state index < -0.39 is 0 Å². The number of likely N-dealkylation sites (N-methyl/N-ethyl adjacent to an activating group) is 1. The lowest BCUT2D eigenvalue weighted by Crippen LogP contribution is -2.41.